The molecule has 0 saturated heterocycles. The Morgan fingerprint density at radius 1 is 0.333 bits per heavy atom. The van der Waals surface area contributed by atoms with Gasteiger partial charge in [-0.05, 0) is 71.8 Å². The van der Waals surface area contributed by atoms with Crippen LogP contribution in [0.5, 0.6) is 0 Å². The minimum atomic E-state index is 0.659. The maximum atomic E-state index is 5.04. The highest BCUT2D eigenvalue weighted by molar-refractivity contribution is 7.26. The molecule has 8 aromatic carbocycles. The molecule has 12 aromatic rings. The first-order valence-electron chi connectivity index (χ1n) is 19.0. The Balaban J connectivity index is 1.05. The first kappa shape index (κ1) is 32.3. The molecule has 4 nitrogen and oxygen atoms in total. The van der Waals surface area contributed by atoms with Crippen molar-refractivity contribution in [1.29, 1.82) is 0 Å². The Labute approximate surface area is 335 Å². The third-order valence-corrected chi connectivity index (χ3v) is 13.3. The van der Waals surface area contributed by atoms with Gasteiger partial charge in [-0.1, -0.05) is 121 Å². The third-order valence-electron chi connectivity index (χ3n) is 11.1. The summed E-state index contributed by atoms with van der Waals surface area (Å²) in [6.07, 6.45) is 0. The van der Waals surface area contributed by atoms with Crippen LogP contribution in [-0.2, 0) is 0 Å². The van der Waals surface area contributed by atoms with Crippen LogP contribution in [0.15, 0.2) is 182 Å². The van der Waals surface area contributed by atoms with Crippen molar-refractivity contribution in [3.05, 3.63) is 182 Å². The van der Waals surface area contributed by atoms with Crippen molar-refractivity contribution in [3.8, 4) is 51.0 Å². The largest absolute Gasteiger partial charge is 0.309 e. The number of nitrogens with zero attached hydrogens (tertiary/aromatic N) is 4. The number of benzene rings is 8. The molecule has 6 heteroatoms. The van der Waals surface area contributed by atoms with Gasteiger partial charge < -0.3 is 4.57 Å². The molecule has 0 radical (unpaired) electrons. The quantitative estimate of drug-likeness (QED) is 0.175. The van der Waals surface area contributed by atoms with Crippen LogP contribution in [0.4, 0.5) is 0 Å². The monoisotopic (exact) mass is 762 g/mol. The molecule has 0 aliphatic carbocycles. The smallest absolute Gasteiger partial charge is 0.164 e. The highest BCUT2D eigenvalue weighted by Crippen LogP contribution is 2.46. The lowest BCUT2D eigenvalue weighted by Crippen LogP contribution is -2.00. The predicted octanol–water partition coefficient (Wildman–Crippen LogP) is 14.4. The Morgan fingerprint density at radius 3 is 1.46 bits per heavy atom. The summed E-state index contributed by atoms with van der Waals surface area (Å²) in [6.45, 7) is 0. The molecule has 12 rings (SSSR count). The molecular weight excluding hydrogens is 733 g/mol. The third kappa shape index (κ3) is 5.15. The van der Waals surface area contributed by atoms with Crippen molar-refractivity contribution in [3.63, 3.8) is 0 Å². The summed E-state index contributed by atoms with van der Waals surface area (Å²) in [4.78, 5) is 15.0. The SMILES string of the molecule is c1ccc(-c2nc(-c3ccccc3)nc(-c3ccc4sc5ccc(-c6cccc7sc8cccc(-n9c%10ccccc%10c%10ccccc%109)c8c67)cc5c4c3)n2)cc1. The normalized spacial score (nSPS) is 11.9. The minimum Gasteiger partial charge on any atom is -0.309 e. The highest BCUT2D eigenvalue weighted by Gasteiger charge is 2.20. The maximum Gasteiger partial charge on any atom is 0.164 e. The van der Waals surface area contributed by atoms with Gasteiger partial charge in [0, 0.05) is 67.8 Å². The second-order valence-corrected chi connectivity index (χ2v) is 16.5. The fraction of sp³-hybridized carbons (Fsp3) is 0. The Morgan fingerprint density at radius 2 is 0.825 bits per heavy atom. The average molecular weight is 763 g/mol. The molecule has 0 amide bonds. The molecule has 57 heavy (non-hydrogen) atoms. The van der Waals surface area contributed by atoms with Gasteiger partial charge >= 0.3 is 0 Å². The number of hydrogen-bond donors (Lipinski definition) is 0. The van der Waals surface area contributed by atoms with Gasteiger partial charge in [-0.15, -0.1) is 22.7 Å². The Kier molecular flexibility index (Phi) is 7.24. The van der Waals surface area contributed by atoms with Crippen molar-refractivity contribution in [2.45, 2.75) is 0 Å². The zero-order chi connectivity index (χ0) is 37.5. The van der Waals surface area contributed by atoms with Gasteiger partial charge in [-0.25, -0.2) is 15.0 Å². The molecule has 0 fully saturated rings. The van der Waals surface area contributed by atoms with E-state index < -0.39 is 0 Å². The van der Waals surface area contributed by atoms with Crippen LogP contribution < -0.4 is 0 Å². The van der Waals surface area contributed by atoms with E-state index in [-0.39, 0.29) is 0 Å². The number of aromatic nitrogens is 4. The number of hydrogen-bond acceptors (Lipinski definition) is 5. The van der Waals surface area contributed by atoms with E-state index in [2.05, 4.69) is 126 Å². The summed E-state index contributed by atoms with van der Waals surface area (Å²) in [7, 11) is 0. The number of para-hydroxylation sites is 2. The van der Waals surface area contributed by atoms with Crippen molar-refractivity contribution < 1.29 is 0 Å². The molecule has 0 N–H and O–H groups in total. The van der Waals surface area contributed by atoms with Gasteiger partial charge in [0.2, 0.25) is 0 Å². The summed E-state index contributed by atoms with van der Waals surface area (Å²) in [6, 6.07) is 65.0. The second-order valence-electron chi connectivity index (χ2n) is 14.4. The first-order valence-corrected chi connectivity index (χ1v) is 20.7. The van der Waals surface area contributed by atoms with E-state index in [9.17, 15) is 0 Å². The first-order chi connectivity index (χ1) is 28.2. The van der Waals surface area contributed by atoms with Crippen molar-refractivity contribution in [2.75, 3.05) is 0 Å². The van der Waals surface area contributed by atoms with Crippen molar-refractivity contribution in [2.24, 2.45) is 0 Å². The van der Waals surface area contributed by atoms with Gasteiger partial charge in [-0.3, -0.25) is 0 Å². The van der Waals surface area contributed by atoms with Crippen LogP contribution in [0.25, 0.3) is 113 Å². The van der Waals surface area contributed by atoms with E-state index in [0.29, 0.717) is 17.5 Å². The number of fused-ring (bicyclic) bond motifs is 9. The summed E-state index contributed by atoms with van der Waals surface area (Å²) in [5.74, 6) is 1.98. The second kappa shape index (κ2) is 12.8. The maximum absolute atomic E-state index is 5.04. The fourth-order valence-electron chi connectivity index (χ4n) is 8.48. The molecule has 4 aromatic heterocycles. The minimum absolute atomic E-state index is 0.659. The Bertz CT molecular complexity index is 3410. The van der Waals surface area contributed by atoms with Crippen LogP contribution in [-0.4, -0.2) is 19.5 Å². The van der Waals surface area contributed by atoms with Crippen LogP contribution >= 0.6 is 22.7 Å². The predicted molar refractivity (Wildman–Crippen MR) is 242 cm³/mol. The van der Waals surface area contributed by atoms with Crippen molar-refractivity contribution >= 4 is 84.8 Å². The van der Waals surface area contributed by atoms with Crippen LogP contribution in [0.1, 0.15) is 0 Å². The molecule has 0 aliphatic heterocycles. The topological polar surface area (TPSA) is 43.6 Å². The summed E-state index contributed by atoms with van der Waals surface area (Å²) >= 11 is 3.69. The van der Waals surface area contributed by atoms with Gasteiger partial charge in [0.25, 0.3) is 0 Å². The van der Waals surface area contributed by atoms with E-state index >= 15 is 0 Å². The van der Waals surface area contributed by atoms with E-state index in [1.807, 2.05) is 83.3 Å². The summed E-state index contributed by atoms with van der Waals surface area (Å²) in [5.41, 5.74) is 8.96. The van der Waals surface area contributed by atoms with Crippen LogP contribution in [0.3, 0.4) is 0 Å². The zero-order valence-electron chi connectivity index (χ0n) is 30.4. The molecule has 0 atom stereocenters. The van der Waals surface area contributed by atoms with Crippen molar-refractivity contribution in [1.82, 2.24) is 19.5 Å². The lowest BCUT2D eigenvalue weighted by molar-refractivity contribution is 1.07. The molecule has 0 bridgehead atoms. The van der Waals surface area contributed by atoms with E-state index in [4.69, 9.17) is 15.0 Å². The fourth-order valence-corrected chi connectivity index (χ4v) is 10.7. The standard InChI is InChI=1S/C51H30N4S2/c1-3-13-31(14-4-1)49-52-50(32-15-5-2-6-16-32)54-51(53-49)34-26-28-44-39(30-34)38-29-33(25-27-43(38)56-44)35-19-11-23-45-47(35)48-42(22-12-24-46(48)57-45)55-40-20-9-7-17-36(40)37-18-8-10-21-41(37)55/h1-30H. The Hall–Kier alpha value is -6.99. The van der Waals surface area contributed by atoms with Crippen LogP contribution in [0.2, 0.25) is 0 Å². The average Bonchev–Trinajstić information content (AvgIpc) is 3.96. The van der Waals surface area contributed by atoms with Gasteiger partial charge in [0.15, 0.2) is 17.5 Å². The lowest BCUT2D eigenvalue weighted by Gasteiger charge is -2.12. The lowest BCUT2D eigenvalue weighted by atomic mass is 9.97. The summed E-state index contributed by atoms with van der Waals surface area (Å²) < 4.78 is 7.52. The van der Waals surface area contributed by atoms with E-state index in [1.165, 1.54) is 79.0 Å². The van der Waals surface area contributed by atoms with Gasteiger partial charge in [-0.2, -0.15) is 0 Å². The van der Waals surface area contributed by atoms with Crippen LogP contribution in [0, 0.1) is 0 Å². The highest BCUT2D eigenvalue weighted by atomic mass is 32.1. The summed E-state index contributed by atoms with van der Waals surface area (Å²) in [5, 5.41) is 7.55. The zero-order valence-corrected chi connectivity index (χ0v) is 32.1. The molecule has 266 valence electrons. The number of rotatable bonds is 5. The molecule has 0 unspecified atom stereocenters. The van der Waals surface area contributed by atoms with Gasteiger partial charge in [0.1, 0.15) is 0 Å². The number of thiophene rings is 2. The molecule has 0 saturated carbocycles. The van der Waals surface area contributed by atoms with E-state index in [0.717, 1.165) is 16.7 Å². The molecule has 0 aliphatic rings. The van der Waals surface area contributed by atoms with E-state index in [1.54, 1.807) is 0 Å². The van der Waals surface area contributed by atoms with Gasteiger partial charge in [0.05, 0.1) is 16.7 Å². The molecule has 0 spiro atoms. The molecule has 4 heterocycles. The molecular formula is C51H30N4S2.